The zero-order chi connectivity index (χ0) is 8.27. The molecule has 1 amide bonds. The van der Waals surface area contributed by atoms with E-state index in [1.54, 1.807) is 0 Å². The number of benzene rings is 1. The molecular formula is C8H7FNO. The lowest BCUT2D eigenvalue weighted by Crippen LogP contribution is -2.17. The van der Waals surface area contributed by atoms with Gasteiger partial charge < -0.3 is 5.32 Å². The van der Waals surface area contributed by atoms with Crippen molar-refractivity contribution in [3.63, 3.8) is 0 Å². The molecule has 1 N–H and O–H groups in total. The number of hydrogen-bond acceptors (Lipinski definition) is 1. The van der Waals surface area contributed by atoms with Crippen LogP contribution in [-0.4, -0.2) is 13.0 Å². The summed E-state index contributed by atoms with van der Waals surface area (Å²) in [4.78, 5) is 10.9. The molecule has 0 fully saturated rings. The highest BCUT2D eigenvalue weighted by molar-refractivity contribution is 5.93. The Kier molecular flexibility index (Phi) is 2.21. The molecule has 0 saturated heterocycles. The van der Waals surface area contributed by atoms with Crippen LogP contribution in [0.15, 0.2) is 18.2 Å². The fourth-order valence-electron chi connectivity index (χ4n) is 0.691. The van der Waals surface area contributed by atoms with Crippen molar-refractivity contribution in [2.45, 2.75) is 0 Å². The van der Waals surface area contributed by atoms with Crippen LogP contribution in [0.4, 0.5) is 4.39 Å². The van der Waals surface area contributed by atoms with Gasteiger partial charge in [0, 0.05) is 18.7 Å². The number of rotatable bonds is 1. The summed E-state index contributed by atoms with van der Waals surface area (Å²) in [6.07, 6.45) is 0. The lowest BCUT2D eigenvalue weighted by Gasteiger charge is -1.96. The third-order valence-electron chi connectivity index (χ3n) is 1.26. The Balaban J connectivity index is 2.90. The fourth-order valence-corrected chi connectivity index (χ4v) is 0.691. The van der Waals surface area contributed by atoms with Gasteiger partial charge in [0.1, 0.15) is 5.82 Å². The maximum Gasteiger partial charge on any atom is 0.251 e. The topological polar surface area (TPSA) is 29.1 Å². The third-order valence-corrected chi connectivity index (χ3v) is 1.26. The predicted molar refractivity (Wildman–Crippen MR) is 38.6 cm³/mol. The molecule has 0 heterocycles. The van der Waals surface area contributed by atoms with E-state index in [9.17, 15) is 9.18 Å². The molecule has 0 aliphatic carbocycles. The number of halogens is 1. The SMILES string of the molecule is CNC(=O)c1c[c]c(F)cc1. The van der Waals surface area contributed by atoms with Gasteiger partial charge in [0.2, 0.25) is 0 Å². The van der Waals surface area contributed by atoms with Crippen molar-refractivity contribution in [1.29, 1.82) is 0 Å². The van der Waals surface area contributed by atoms with Crippen molar-refractivity contribution in [2.24, 2.45) is 0 Å². The lowest BCUT2D eigenvalue weighted by atomic mass is 10.2. The second-order valence-electron chi connectivity index (χ2n) is 2.00. The van der Waals surface area contributed by atoms with Crippen molar-refractivity contribution in [1.82, 2.24) is 5.32 Å². The van der Waals surface area contributed by atoms with Crippen LogP contribution in [0.1, 0.15) is 10.4 Å². The Bertz CT molecular complexity index is 255. The lowest BCUT2D eigenvalue weighted by molar-refractivity contribution is 0.0963. The number of amides is 1. The molecule has 1 rings (SSSR count). The minimum atomic E-state index is -0.461. The molecule has 0 spiro atoms. The normalized spacial score (nSPS) is 9.27. The summed E-state index contributed by atoms with van der Waals surface area (Å²) in [7, 11) is 1.52. The van der Waals surface area contributed by atoms with Crippen LogP contribution in [0.3, 0.4) is 0 Å². The van der Waals surface area contributed by atoms with E-state index in [-0.39, 0.29) is 5.91 Å². The van der Waals surface area contributed by atoms with Crippen LogP contribution < -0.4 is 5.32 Å². The highest BCUT2D eigenvalue weighted by Crippen LogP contribution is 2.00. The molecule has 0 aliphatic heterocycles. The molecule has 0 bridgehead atoms. The van der Waals surface area contributed by atoms with E-state index < -0.39 is 5.82 Å². The molecule has 0 unspecified atom stereocenters. The Morgan fingerprint density at radius 2 is 2.36 bits per heavy atom. The van der Waals surface area contributed by atoms with Crippen LogP contribution in [0.5, 0.6) is 0 Å². The highest BCUT2D eigenvalue weighted by atomic mass is 19.1. The Hall–Kier alpha value is -1.38. The summed E-state index contributed by atoms with van der Waals surface area (Å²) < 4.78 is 12.3. The second kappa shape index (κ2) is 3.14. The molecule has 0 aliphatic rings. The van der Waals surface area contributed by atoms with Crippen molar-refractivity contribution < 1.29 is 9.18 Å². The molecule has 0 atom stereocenters. The molecule has 1 radical (unpaired) electrons. The van der Waals surface area contributed by atoms with Gasteiger partial charge in [-0.3, -0.25) is 4.79 Å². The molecule has 0 saturated carbocycles. The van der Waals surface area contributed by atoms with Crippen LogP contribution in [0.2, 0.25) is 0 Å². The zero-order valence-corrected chi connectivity index (χ0v) is 6.02. The summed E-state index contributed by atoms with van der Waals surface area (Å²) in [6.45, 7) is 0. The maximum atomic E-state index is 12.3. The largest absolute Gasteiger partial charge is 0.355 e. The van der Waals surface area contributed by atoms with Gasteiger partial charge in [-0.05, 0) is 18.2 Å². The number of carbonyl (C=O) groups is 1. The van der Waals surface area contributed by atoms with Gasteiger partial charge in [0.15, 0.2) is 0 Å². The Labute approximate surface area is 64.0 Å². The summed E-state index contributed by atoms with van der Waals surface area (Å²) >= 11 is 0. The van der Waals surface area contributed by atoms with Crippen molar-refractivity contribution in [3.8, 4) is 0 Å². The monoisotopic (exact) mass is 152 g/mol. The van der Waals surface area contributed by atoms with Crippen molar-refractivity contribution in [3.05, 3.63) is 35.6 Å². The van der Waals surface area contributed by atoms with Gasteiger partial charge in [-0.25, -0.2) is 4.39 Å². The molecule has 1 aromatic carbocycles. The standard InChI is InChI=1S/C8H7FNO/c1-10-8(11)6-2-4-7(9)5-3-6/h2-4H,1H3,(H,10,11). The van der Waals surface area contributed by atoms with E-state index in [0.29, 0.717) is 5.56 Å². The minimum Gasteiger partial charge on any atom is -0.355 e. The first kappa shape index (κ1) is 7.72. The fraction of sp³-hybridized carbons (Fsp3) is 0.125. The van der Waals surface area contributed by atoms with Gasteiger partial charge in [-0.15, -0.1) is 0 Å². The summed E-state index contributed by atoms with van der Waals surface area (Å²) in [6, 6.07) is 6.21. The van der Waals surface area contributed by atoms with Gasteiger partial charge in [-0.2, -0.15) is 0 Å². The molecule has 11 heavy (non-hydrogen) atoms. The summed E-state index contributed by atoms with van der Waals surface area (Å²) in [5.41, 5.74) is 0.411. The van der Waals surface area contributed by atoms with Gasteiger partial charge in [0.05, 0.1) is 0 Å². The van der Waals surface area contributed by atoms with Crippen LogP contribution in [0, 0.1) is 11.9 Å². The third kappa shape index (κ3) is 1.77. The molecule has 2 nitrogen and oxygen atoms in total. The predicted octanol–water partition coefficient (Wildman–Crippen LogP) is 0.985. The maximum absolute atomic E-state index is 12.3. The molecule has 0 aromatic heterocycles. The molecular weight excluding hydrogens is 145 g/mol. The Morgan fingerprint density at radius 1 is 1.64 bits per heavy atom. The number of hydrogen-bond donors (Lipinski definition) is 1. The van der Waals surface area contributed by atoms with Gasteiger partial charge in [0.25, 0.3) is 5.91 Å². The highest BCUT2D eigenvalue weighted by Gasteiger charge is 2.00. The van der Waals surface area contributed by atoms with Crippen molar-refractivity contribution >= 4 is 5.91 Å². The van der Waals surface area contributed by atoms with Gasteiger partial charge in [-0.1, -0.05) is 0 Å². The Morgan fingerprint density at radius 3 is 2.82 bits per heavy atom. The minimum absolute atomic E-state index is 0.235. The van der Waals surface area contributed by atoms with E-state index in [4.69, 9.17) is 0 Å². The molecule has 57 valence electrons. The first-order valence-electron chi connectivity index (χ1n) is 3.13. The number of carbonyl (C=O) groups excluding carboxylic acids is 1. The van der Waals surface area contributed by atoms with Gasteiger partial charge >= 0.3 is 0 Å². The quantitative estimate of drug-likeness (QED) is 0.638. The van der Waals surface area contributed by atoms with E-state index in [0.717, 1.165) is 0 Å². The van der Waals surface area contributed by atoms with Crippen LogP contribution in [0.25, 0.3) is 0 Å². The average molecular weight is 152 g/mol. The smallest absolute Gasteiger partial charge is 0.251 e. The first-order chi connectivity index (χ1) is 5.24. The summed E-state index contributed by atoms with van der Waals surface area (Å²) in [5, 5.41) is 2.42. The summed E-state index contributed by atoms with van der Waals surface area (Å²) in [5.74, 6) is -0.695. The zero-order valence-electron chi connectivity index (χ0n) is 6.02. The first-order valence-corrected chi connectivity index (χ1v) is 3.13. The average Bonchev–Trinajstić information content (AvgIpc) is 2.05. The molecule has 1 aromatic rings. The second-order valence-corrected chi connectivity index (χ2v) is 2.00. The number of nitrogens with one attached hydrogen (secondary N) is 1. The van der Waals surface area contributed by atoms with Crippen LogP contribution >= 0.6 is 0 Å². The van der Waals surface area contributed by atoms with E-state index in [1.807, 2.05) is 0 Å². The van der Waals surface area contributed by atoms with Crippen LogP contribution in [-0.2, 0) is 0 Å². The van der Waals surface area contributed by atoms with Crippen molar-refractivity contribution in [2.75, 3.05) is 7.05 Å². The molecule has 3 heteroatoms. The van der Waals surface area contributed by atoms with E-state index in [2.05, 4.69) is 11.4 Å². The van der Waals surface area contributed by atoms with E-state index >= 15 is 0 Å². The van der Waals surface area contributed by atoms with E-state index in [1.165, 1.54) is 25.2 Å².